The van der Waals surface area contributed by atoms with Gasteiger partial charge in [0, 0.05) is 42.5 Å². The highest BCUT2D eigenvalue weighted by Gasteiger charge is 2.43. The monoisotopic (exact) mass is 395 g/mol. The molecule has 2 N–H and O–H groups in total. The molecule has 24 heavy (non-hydrogen) atoms. The Bertz CT molecular complexity index is 652. The molecule has 0 radical (unpaired) electrons. The summed E-state index contributed by atoms with van der Waals surface area (Å²) in [4.78, 5) is 27.4. The van der Waals surface area contributed by atoms with Crippen LogP contribution in [0.2, 0.25) is 0 Å². The van der Waals surface area contributed by atoms with E-state index in [1.54, 1.807) is 4.90 Å². The number of rotatable bonds is 4. The molecule has 0 spiro atoms. The van der Waals surface area contributed by atoms with E-state index in [1.807, 2.05) is 19.1 Å². The second-order valence-electron chi connectivity index (χ2n) is 6.19. The van der Waals surface area contributed by atoms with Gasteiger partial charge >= 0.3 is 6.09 Å². The van der Waals surface area contributed by atoms with Gasteiger partial charge in [0.2, 0.25) is 5.91 Å². The number of amides is 2. The minimum absolute atomic E-state index is 0.225. The second-order valence-corrected chi connectivity index (χ2v) is 7.05. The molecule has 1 aromatic rings. The zero-order valence-corrected chi connectivity index (χ0v) is 15.3. The van der Waals surface area contributed by atoms with Crippen molar-refractivity contribution in [3.8, 4) is 0 Å². The average Bonchev–Trinajstić information content (AvgIpc) is 2.87. The molecule has 2 aliphatic heterocycles. The average molecular weight is 396 g/mol. The summed E-state index contributed by atoms with van der Waals surface area (Å²) in [5.74, 6) is -0.0699. The van der Waals surface area contributed by atoms with Crippen LogP contribution < -0.4 is 10.6 Å². The van der Waals surface area contributed by atoms with Gasteiger partial charge in [-0.2, -0.15) is 0 Å². The van der Waals surface area contributed by atoms with Gasteiger partial charge in [-0.25, -0.2) is 4.79 Å². The van der Waals surface area contributed by atoms with Gasteiger partial charge in [0.05, 0.1) is 12.3 Å². The molecule has 2 heterocycles. The first-order valence-electron chi connectivity index (χ1n) is 8.28. The quantitative estimate of drug-likeness (QED) is 0.849. The number of halogens is 1. The van der Waals surface area contributed by atoms with Crippen molar-refractivity contribution in [3.63, 3.8) is 0 Å². The lowest BCUT2D eigenvalue weighted by Gasteiger charge is -2.38. The predicted molar refractivity (Wildman–Crippen MR) is 95.0 cm³/mol. The summed E-state index contributed by atoms with van der Waals surface area (Å²) >= 11 is 3.63. The molecule has 0 aromatic heterocycles. The molecule has 0 unspecified atom stereocenters. The summed E-state index contributed by atoms with van der Waals surface area (Å²) in [7, 11) is 0. The standard InChI is InChI=1S/C17H22BrN3O3/c1-2-24-17(23)20-8-6-14-12(10-20)11-4-3-5-13(18)16(11)21(14)9-7-15(19)22/h3-5,12,14H,2,6-10H2,1H3,(H2,19,22)/t12-,14-/m0/s1. The van der Waals surface area contributed by atoms with E-state index in [4.69, 9.17) is 10.5 Å². The van der Waals surface area contributed by atoms with Gasteiger partial charge in [-0.05, 0) is 40.9 Å². The highest BCUT2D eigenvalue weighted by Crippen LogP contribution is 2.47. The summed E-state index contributed by atoms with van der Waals surface area (Å²) in [6, 6.07) is 6.41. The molecule has 1 aromatic carbocycles. The maximum atomic E-state index is 12.1. The molecule has 2 aliphatic rings. The van der Waals surface area contributed by atoms with Crippen LogP contribution in [-0.2, 0) is 9.53 Å². The van der Waals surface area contributed by atoms with Crippen molar-refractivity contribution in [2.75, 3.05) is 31.1 Å². The van der Waals surface area contributed by atoms with Gasteiger partial charge in [-0.1, -0.05) is 12.1 Å². The molecule has 0 bridgehead atoms. The lowest BCUT2D eigenvalue weighted by atomic mass is 9.89. The maximum absolute atomic E-state index is 12.1. The smallest absolute Gasteiger partial charge is 0.409 e. The van der Waals surface area contributed by atoms with E-state index in [0.29, 0.717) is 32.7 Å². The van der Waals surface area contributed by atoms with Gasteiger partial charge in [-0.3, -0.25) is 4.79 Å². The van der Waals surface area contributed by atoms with Crippen molar-refractivity contribution in [1.29, 1.82) is 0 Å². The van der Waals surface area contributed by atoms with Gasteiger partial charge < -0.3 is 20.3 Å². The fourth-order valence-corrected chi connectivity index (χ4v) is 4.42. The molecule has 2 amide bonds. The zero-order valence-electron chi connectivity index (χ0n) is 13.7. The van der Waals surface area contributed by atoms with E-state index >= 15 is 0 Å². The van der Waals surface area contributed by atoms with Crippen molar-refractivity contribution in [2.24, 2.45) is 5.73 Å². The first kappa shape index (κ1) is 17.1. The van der Waals surface area contributed by atoms with Crippen molar-refractivity contribution in [2.45, 2.75) is 31.7 Å². The predicted octanol–water partition coefficient (Wildman–Crippen LogP) is 2.46. The molecular weight excluding hydrogens is 374 g/mol. The summed E-state index contributed by atoms with van der Waals surface area (Å²) in [6.45, 7) is 4.11. The highest BCUT2D eigenvalue weighted by molar-refractivity contribution is 9.10. The van der Waals surface area contributed by atoms with Crippen LogP contribution in [0.1, 0.15) is 31.2 Å². The highest BCUT2D eigenvalue weighted by atomic mass is 79.9. The van der Waals surface area contributed by atoms with Gasteiger partial charge in [0.25, 0.3) is 0 Å². The van der Waals surface area contributed by atoms with Gasteiger partial charge in [-0.15, -0.1) is 0 Å². The van der Waals surface area contributed by atoms with Crippen LogP contribution in [0, 0.1) is 0 Å². The van der Waals surface area contributed by atoms with E-state index in [-0.39, 0.29) is 24.0 Å². The number of carbonyl (C=O) groups excluding carboxylic acids is 2. The number of piperidine rings is 1. The van der Waals surface area contributed by atoms with Crippen molar-refractivity contribution < 1.29 is 14.3 Å². The minimum Gasteiger partial charge on any atom is -0.450 e. The Morgan fingerprint density at radius 1 is 1.42 bits per heavy atom. The number of carbonyl (C=O) groups is 2. The molecule has 1 fully saturated rings. The zero-order chi connectivity index (χ0) is 17.3. The van der Waals surface area contributed by atoms with E-state index in [1.165, 1.54) is 5.56 Å². The molecule has 2 atom stereocenters. The normalized spacial score (nSPS) is 22.1. The molecule has 1 saturated heterocycles. The molecule has 3 rings (SSSR count). The Morgan fingerprint density at radius 2 is 2.21 bits per heavy atom. The number of primary amides is 1. The van der Waals surface area contributed by atoms with E-state index in [2.05, 4.69) is 26.9 Å². The number of anilines is 1. The molecule has 130 valence electrons. The van der Waals surface area contributed by atoms with Crippen LogP contribution in [0.15, 0.2) is 22.7 Å². The third-order valence-electron chi connectivity index (χ3n) is 4.81. The SMILES string of the molecule is CCOC(=O)N1CC[C@H]2[C@@H](C1)c1cccc(Br)c1N2CCC(N)=O. The van der Waals surface area contributed by atoms with Crippen LogP contribution in [0.3, 0.4) is 0 Å². The van der Waals surface area contributed by atoms with Crippen molar-refractivity contribution in [3.05, 3.63) is 28.2 Å². The number of nitrogens with zero attached hydrogens (tertiary/aromatic N) is 2. The van der Waals surface area contributed by atoms with E-state index < -0.39 is 0 Å². The largest absolute Gasteiger partial charge is 0.450 e. The van der Waals surface area contributed by atoms with Gasteiger partial charge in [0.15, 0.2) is 0 Å². The summed E-state index contributed by atoms with van der Waals surface area (Å²) in [6.07, 6.45) is 0.928. The van der Waals surface area contributed by atoms with Crippen LogP contribution in [-0.4, -0.2) is 49.2 Å². The van der Waals surface area contributed by atoms with Gasteiger partial charge in [0.1, 0.15) is 0 Å². The van der Waals surface area contributed by atoms with Crippen molar-refractivity contribution >= 4 is 33.6 Å². The first-order valence-corrected chi connectivity index (χ1v) is 9.07. The number of hydrogen-bond acceptors (Lipinski definition) is 4. The summed E-state index contributed by atoms with van der Waals surface area (Å²) < 4.78 is 6.17. The molecular formula is C17H22BrN3O3. The lowest BCUT2D eigenvalue weighted by Crippen LogP contribution is -2.48. The van der Waals surface area contributed by atoms with Crippen molar-refractivity contribution in [1.82, 2.24) is 4.90 Å². The number of ether oxygens (including phenoxy) is 1. The van der Waals surface area contributed by atoms with Crippen LogP contribution >= 0.6 is 15.9 Å². The third kappa shape index (κ3) is 3.09. The third-order valence-corrected chi connectivity index (χ3v) is 5.45. The fourth-order valence-electron chi connectivity index (χ4n) is 3.81. The molecule has 0 aliphatic carbocycles. The summed E-state index contributed by atoms with van der Waals surface area (Å²) in [5.41, 5.74) is 7.69. The molecule has 7 heteroatoms. The lowest BCUT2D eigenvalue weighted by molar-refractivity contribution is -0.117. The topological polar surface area (TPSA) is 75.9 Å². The maximum Gasteiger partial charge on any atom is 0.409 e. The number of hydrogen-bond donors (Lipinski definition) is 1. The first-order chi connectivity index (χ1) is 11.5. The Hall–Kier alpha value is -1.76. The number of likely N-dealkylation sites (tertiary alicyclic amines) is 1. The molecule has 0 saturated carbocycles. The van der Waals surface area contributed by atoms with Crippen LogP contribution in [0.4, 0.5) is 10.5 Å². The number of benzene rings is 1. The second kappa shape index (κ2) is 7.01. The number of nitrogens with two attached hydrogens (primary N) is 1. The Labute approximate surface area is 150 Å². The minimum atomic E-state index is -0.295. The molecule has 6 nitrogen and oxygen atoms in total. The van der Waals surface area contributed by atoms with E-state index in [9.17, 15) is 9.59 Å². The summed E-state index contributed by atoms with van der Waals surface area (Å²) in [5, 5.41) is 0. The van der Waals surface area contributed by atoms with Crippen LogP contribution in [0.25, 0.3) is 0 Å². The van der Waals surface area contributed by atoms with Crippen LogP contribution in [0.5, 0.6) is 0 Å². The Balaban J connectivity index is 1.87. The van der Waals surface area contributed by atoms with E-state index in [0.717, 1.165) is 16.6 Å². The fraction of sp³-hybridized carbons (Fsp3) is 0.529. The Morgan fingerprint density at radius 3 is 2.92 bits per heavy atom. The number of fused-ring (bicyclic) bond motifs is 3. The Kier molecular flexibility index (Phi) is 4.99. The number of para-hydroxylation sites is 1.